The molecule has 0 radical (unpaired) electrons. The minimum absolute atomic E-state index is 0.394. The summed E-state index contributed by atoms with van der Waals surface area (Å²) in [6.07, 6.45) is 6.99. The maximum atomic E-state index is 6.04. The van der Waals surface area contributed by atoms with Crippen LogP contribution in [0.3, 0.4) is 0 Å². The summed E-state index contributed by atoms with van der Waals surface area (Å²) in [5.41, 5.74) is 1.33. The lowest BCUT2D eigenvalue weighted by Gasteiger charge is -2.17. The molecule has 2 heterocycles. The smallest absolute Gasteiger partial charge is 0.0931 e. The molecular formula is C15H19ClN2S. The first-order valence-electron chi connectivity index (χ1n) is 6.67. The van der Waals surface area contributed by atoms with Crippen LogP contribution in [0.5, 0.6) is 0 Å². The Kier molecular flexibility index (Phi) is 5.83. The Balaban J connectivity index is 1.98. The van der Waals surface area contributed by atoms with Gasteiger partial charge in [-0.05, 0) is 55.6 Å². The Morgan fingerprint density at radius 2 is 2.05 bits per heavy atom. The summed E-state index contributed by atoms with van der Waals surface area (Å²) in [6.45, 7) is 3.23. The van der Waals surface area contributed by atoms with E-state index < -0.39 is 0 Å². The molecule has 0 saturated heterocycles. The third kappa shape index (κ3) is 4.60. The lowest BCUT2D eigenvalue weighted by molar-refractivity contribution is 0.506. The molecule has 0 aliphatic heterocycles. The molecule has 4 heteroatoms. The Morgan fingerprint density at radius 1 is 1.26 bits per heavy atom. The van der Waals surface area contributed by atoms with Crippen LogP contribution in [0.25, 0.3) is 0 Å². The largest absolute Gasteiger partial charge is 0.309 e. The molecule has 19 heavy (non-hydrogen) atoms. The summed E-state index contributed by atoms with van der Waals surface area (Å²) in [7, 11) is 0. The lowest BCUT2D eigenvalue weighted by Crippen LogP contribution is -2.21. The number of aryl methyl sites for hydroxylation is 1. The number of nitrogens with zero attached hydrogens (tertiary/aromatic N) is 1. The molecular weight excluding hydrogens is 276 g/mol. The summed E-state index contributed by atoms with van der Waals surface area (Å²) >= 11 is 7.71. The van der Waals surface area contributed by atoms with Gasteiger partial charge in [0.15, 0.2) is 0 Å². The van der Waals surface area contributed by atoms with Crippen LogP contribution in [-0.2, 0) is 6.42 Å². The molecule has 2 rings (SSSR count). The van der Waals surface area contributed by atoms with Crippen LogP contribution in [0.1, 0.15) is 36.2 Å². The van der Waals surface area contributed by atoms with Gasteiger partial charge in [0.1, 0.15) is 0 Å². The quantitative estimate of drug-likeness (QED) is 0.815. The molecule has 0 spiro atoms. The van der Waals surface area contributed by atoms with E-state index in [1.54, 1.807) is 11.3 Å². The molecule has 2 nitrogen and oxygen atoms in total. The van der Waals surface area contributed by atoms with Gasteiger partial charge < -0.3 is 5.32 Å². The second-order valence-corrected chi connectivity index (χ2v) is 6.29. The van der Waals surface area contributed by atoms with E-state index in [9.17, 15) is 0 Å². The first-order chi connectivity index (χ1) is 9.29. The van der Waals surface area contributed by atoms with Crippen LogP contribution in [0, 0.1) is 0 Å². The van der Waals surface area contributed by atoms with Gasteiger partial charge in [0.05, 0.1) is 4.34 Å². The van der Waals surface area contributed by atoms with Crippen molar-refractivity contribution >= 4 is 22.9 Å². The van der Waals surface area contributed by atoms with Crippen molar-refractivity contribution in [3.05, 3.63) is 51.4 Å². The predicted molar refractivity (Wildman–Crippen MR) is 82.9 cm³/mol. The first-order valence-corrected chi connectivity index (χ1v) is 7.86. The van der Waals surface area contributed by atoms with Crippen LogP contribution in [0.15, 0.2) is 36.7 Å². The molecule has 0 aromatic carbocycles. The van der Waals surface area contributed by atoms with Gasteiger partial charge in [-0.1, -0.05) is 18.5 Å². The van der Waals surface area contributed by atoms with Gasteiger partial charge in [-0.2, -0.15) is 0 Å². The average molecular weight is 295 g/mol. The van der Waals surface area contributed by atoms with E-state index in [0.717, 1.165) is 30.1 Å². The van der Waals surface area contributed by atoms with Crippen molar-refractivity contribution in [2.45, 2.75) is 32.2 Å². The van der Waals surface area contributed by atoms with E-state index in [2.05, 4.69) is 35.4 Å². The number of hydrogen-bond donors (Lipinski definition) is 1. The number of aromatic nitrogens is 1. The van der Waals surface area contributed by atoms with Crippen molar-refractivity contribution in [3.8, 4) is 0 Å². The van der Waals surface area contributed by atoms with Gasteiger partial charge in [-0.3, -0.25) is 4.98 Å². The summed E-state index contributed by atoms with van der Waals surface area (Å²) in [4.78, 5) is 5.38. The Bertz CT molecular complexity index is 484. The molecule has 0 saturated carbocycles. The molecule has 1 unspecified atom stereocenters. The van der Waals surface area contributed by atoms with Crippen molar-refractivity contribution in [1.29, 1.82) is 0 Å². The monoisotopic (exact) mass is 294 g/mol. The van der Waals surface area contributed by atoms with Crippen molar-refractivity contribution in [2.75, 3.05) is 6.54 Å². The zero-order chi connectivity index (χ0) is 13.5. The van der Waals surface area contributed by atoms with Crippen LogP contribution < -0.4 is 5.32 Å². The molecule has 2 aromatic rings. The van der Waals surface area contributed by atoms with Crippen LogP contribution in [0.4, 0.5) is 0 Å². The first kappa shape index (κ1) is 14.5. The highest BCUT2D eigenvalue weighted by molar-refractivity contribution is 7.16. The van der Waals surface area contributed by atoms with Crippen LogP contribution >= 0.6 is 22.9 Å². The topological polar surface area (TPSA) is 24.9 Å². The Labute approximate surface area is 123 Å². The third-order valence-corrected chi connectivity index (χ3v) is 4.39. The molecule has 1 N–H and O–H groups in total. The second kappa shape index (κ2) is 7.63. The van der Waals surface area contributed by atoms with E-state index in [4.69, 9.17) is 11.6 Å². The normalized spacial score (nSPS) is 12.5. The second-order valence-electron chi connectivity index (χ2n) is 4.54. The molecule has 2 aromatic heterocycles. The van der Waals surface area contributed by atoms with Crippen molar-refractivity contribution in [2.24, 2.45) is 0 Å². The molecule has 0 fully saturated rings. The van der Waals surface area contributed by atoms with Gasteiger partial charge in [-0.25, -0.2) is 0 Å². The van der Waals surface area contributed by atoms with E-state index in [0.29, 0.717) is 6.04 Å². The van der Waals surface area contributed by atoms with Crippen LogP contribution in [-0.4, -0.2) is 11.5 Å². The highest BCUT2D eigenvalue weighted by Gasteiger charge is 2.13. The molecule has 0 aliphatic rings. The maximum Gasteiger partial charge on any atom is 0.0931 e. The van der Waals surface area contributed by atoms with E-state index in [-0.39, 0.29) is 0 Å². The fraction of sp³-hybridized carbons (Fsp3) is 0.400. The van der Waals surface area contributed by atoms with Gasteiger partial charge in [0, 0.05) is 23.3 Å². The zero-order valence-electron chi connectivity index (χ0n) is 11.1. The van der Waals surface area contributed by atoms with E-state index >= 15 is 0 Å². The van der Waals surface area contributed by atoms with Gasteiger partial charge in [0.2, 0.25) is 0 Å². The molecule has 1 atom stereocenters. The Hall–Kier alpha value is -0.900. The van der Waals surface area contributed by atoms with Gasteiger partial charge in [-0.15, -0.1) is 11.3 Å². The molecule has 0 bridgehead atoms. The number of halogens is 1. The average Bonchev–Trinajstić information content (AvgIpc) is 2.86. The van der Waals surface area contributed by atoms with E-state index in [1.807, 2.05) is 18.5 Å². The summed E-state index contributed by atoms with van der Waals surface area (Å²) < 4.78 is 0.863. The van der Waals surface area contributed by atoms with Gasteiger partial charge >= 0.3 is 0 Å². The minimum atomic E-state index is 0.394. The number of hydrogen-bond acceptors (Lipinski definition) is 3. The zero-order valence-corrected chi connectivity index (χ0v) is 12.7. The SMILES string of the molecule is CCCNC(CCc1ccncc1)c1ccc(Cl)s1. The Morgan fingerprint density at radius 3 is 2.68 bits per heavy atom. The number of thiophene rings is 1. The molecule has 0 amide bonds. The number of pyridine rings is 1. The highest BCUT2D eigenvalue weighted by atomic mass is 35.5. The molecule has 0 aliphatic carbocycles. The highest BCUT2D eigenvalue weighted by Crippen LogP contribution is 2.29. The molecule has 102 valence electrons. The number of rotatable bonds is 7. The lowest BCUT2D eigenvalue weighted by atomic mass is 10.0. The van der Waals surface area contributed by atoms with Crippen molar-refractivity contribution in [1.82, 2.24) is 10.3 Å². The fourth-order valence-corrected chi connectivity index (χ4v) is 3.21. The predicted octanol–water partition coefficient (Wildman–Crippen LogP) is 4.47. The minimum Gasteiger partial charge on any atom is -0.309 e. The maximum absolute atomic E-state index is 6.04. The summed E-state index contributed by atoms with van der Waals surface area (Å²) in [5, 5.41) is 3.61. The summed E-state index contributed by atoms with van der Waals surface area (Å²) in [5.74, 6) is 0. The number of nitrogens with one attached hydrogen (secondary N) is 1. The van der Waals surface area contributed by atoms with Crippen LogP contribution in [0.2, 0.25) is 4.34 Å². The third-order valence-electron chi connectivity index (χ3n) is 3.05. The summed E-state index contributed by atoms with van der Waals surface area (Å²) in [6, 6.07) is 8.67. The standard InChI is InChI=1S/C15H19ClN2S/c1-2-9-18-13(14-5-6-15(16)19-14)4-3-12-7-10-17-11-8-12/h5-8,10-11,13,18H,2-4,9H2,1H3. The van der Waals surface area contributed by atoms with Crippen molar-refractivity contribution < 1.29 is 0 Å². The fourth-order valence-electron chi connectivity index (χ4n) is 2.04. The van der Waals surface area contributed by atoms with E-state index in [1.165, 1.54) is 10.4 Å². The van der Waals surface area contributed by atoms with Crippen molar-refractivity contribution in [3.63, 3.8) is 0 Å². The van der Waals surface area contributed by atoms with Gasteiger partial charge in [0.25, 0.3) is 0 Å².